The van der Waals surface area contributed by atoms with Crippen molar-refractivity contribution in [1.29, 1.82) is 0 Å². The lowest BCUT2D eigenvalue weighted by Gasteiger charge is -2.33. The van der Waals surface area contributed by atoms with Crippen molar-refractivity contribution in [1.82, 2.24) is 0 Å². The molecule has 0 spiro atoms. The molecule has 0 aromatic heterocycles. The Bertz CT molecular complexity index is 868. The van der Waals surface area contributed by atoms with E-state index in [-0.39, 0.29) is 12.3 Å². The van der Waals surface area contributed by atoms with Gasteiger partial charge in [0.15, 0.2) is 6.79 Å². The monoisotopic (exact) mass is 367 g/mol. The quantitative estimate of drug-likeness (QED) is 0.683. The molecule has 0 aliphatic carbocycles. The van der Waals surface area contributed by atoms with Gasteiger partial charge in [-0.1, -0.05) is 19.1 Å². The van der Waals surface area contributed by atoms with Crippen molar-refractivity contribution in [3.05, 3.63) is 47.5 Å². The van der Waals surface area contributed by atoms with Gasteiger partial charge < -0.3 is 19.5 Å². The van der Waals surface area contributed by atoms with Crippen molar-refractivity contribution in [3.8, 4) is 22.6 Å². The highest BCUT2D eigenvalue weighted by atomic mass is 16.7. The highest BCUT2D eigenvalue weighted by Crippen LogP contribution is 2.43. The predicted molar refractivity (Wildman–Crippen MR) is 112 cm³/mol. The summed E-state index contributed by atoms with van der Waals surface area (Å²) in [4.78, 5) is 0. The summed E-state index contributed by atoms with van der Waals surface area (Å²) < 4.78 is 16.2. The van der Waals surface area contributed by atoms with Gasteiger partial charge in [0.2, 0.25) is 0 Å². The number of fused-ring (bicyclic) bond motifs is 1. The van der Waals surface area contributed by atoms with Crippen LogP contribution in [0.4, 0.5) is 5.69 Å². The molecule has 0 amide bonds. The van der Waals surface area contributed by atoms with Crippen molar-refractivity contribution in [2.45, 2.75) is 39.7 Å². The summed E-state index contributed by atoms with van der Waals surface area (Å²) in [7, 11) is 3.30. The molecule has 4 nitrogen and oxygen atoms in total. The second-order valence-corrected chi connectivity index (χ2v) is 7.45. The van der Waals surface area contributed by atoms with E-state index in [9.17, 15) is 0 Å². The van der Waals surface area contributed by atoms with Gasteiger partial charge in [0, 0.05) is 30.0 Å². The van der Waals surface area contributed by atoms with E-state index in [1.807, 2.05) is 12.1 Å². The van der Waals surface area contributed by atoms with E-state index in [1.54, 1.807) is 14.2 Å². The van der Waals surface area contributed by atoms with Crippen LogP contribution in [-0.4, -0.2) is 26.6 Å². The number of rotatable bonds is 6. The molecule has 144 valence electrons. The van der Waals surface area contributed by atoms with Crippen LogP contribution in [0.1, 0.15) is 38.8 Å². The molecule has 2 aromatic carbocycles. The van der Waals surface area contributed by atoms with Crippen molar-refractivity contribution in [2.75, 3.05) is 26.3 Å². The van der Waals surface area contributed by atoms with E-state index in [0.717, 1.165) is 23.5 Å². The summed E-state index contributed by atoms with van der Waals surface area (Å²) in [6.07, 6.45) is 3.24. The van der Waals surface area contributed by atoms with Crippen LogP contribution in [0.3, 0.4) is 0 Å². The molecule has 1 aliphatic heterocycles. The van der Waals surface area contributed by atoms with Gasteiger partial charge in [0.25, 0.3) is 0 Å². The molecule has 1 N–H and O–H groups in total. The van der Waals surface area contributed by atoms with E-state index in [4.69, 9.17) is 14.2 Å². The zero-order valence-electron chi connectivity index (χ0n) is 17.1. The SMILES string of the molecule is CCc1c(-c2ccc(OCOC)cc2OC)ccc2c1C(C)=CC(C)(C)N2. The van der Waals surface area contributed by atoms with Crippen LogP contribution < -0.4 is 14.8 Å². The average Bonchev–Trinajstić information content (AvgIpc) is 2.64. The van der Waals surface area contributed by atoms with Gasteiger partial charge in [-0.3, -0.25) is 0 Å². The maximum absolute atomic E-state index is 5.67. The normalized spacial score (nSPS) is 14.8. The average molecular weight is 367 g/mol. The molecule has 27 heavy (non-hydrogen) atoms. The topological polar surface area (TPSA) is 39.7 Å². The zero-order chi connectivity index (χ0) is 19.6. The molecule has 4 heteroatoms. The molecule has 3 rings (SSSR count). The lowest BCUT2D eigenvalue weighted by atomic mass is 9.84. The summed E-state index contributed by atoms with van der Waals surface area (Å²) in [5.41, 5.74) is 7.36. The van der Waals surface area contributed by atoms with Gasteiger partial charge in [0.1, 0.15) is 11.5 Å². The van der Waals surface area contributed by atoms with Crippen molar-refractivity contribution in [3.63, 3.8) is 0 Å². The van der Waals surface area contributed by atoms with Crippen molar-refractivity contribution in [2.24, 2.45) is 0 Å². The smallest absolute Gasteiger partial charge is 0.188 e. The minimum Gasteiger partial charge on any atom is -0.496 e. The van der Waals surface area contributed by atoms with Crippen LogP contribution in [0.2, 0.25) is 0 Å². The number of ether oxygens (including phenoxy) is 3. The van der Waals surface area contributed by atoms with E-state index >= 15 is 0 Å². The number of benzene rings is 2. The summed E-state index contributed by atoms with van der Waals surface area (Å²) in [5.74, 6) is 1.52. The fraction of sp³-hybridized carbons (Fsp3) is 0.391. The first-order chi connectivity index (χ1) is 12.9. The largest absolute Gasteiger partial charge is 0.496 e. The molecule has 0 atom stereocenters. The van der Waals surface area contributed by atoms with Gasteiger partial charge in [-0.15, -0.1) is 0 Å². The molecule has 0 fully saturated rings. The third kappa shape index (κ3) is 3.81. The molecule has 1 aliphatic rings. The van der Waals surface area contributed by atoms with Gasteiger partial charge in [-0.2, -0.15) is 0 Å². The lowest BCUT2D eigenvalue weighted by molar-refractivity contribution is 0.0510. The number of allylic oxidation sites excluding steroid dienone is 1. The van der Waals surface area contributed by atoms with Crippen LogP contribution in [-0.2, 0) is 11.2 Å². The summed E-state index contributed by atoms with van der Waals surface area (Å²) in [6.45, 7) is 9.01. The van der Waals surface area contributed by atoms with E-state index in [0.29, 0.717) is 0 Å². The Labute approximate surface area is 162 Å². The van der Waals surface area contributed by atoms with Gasteiger partial charge in [-0.05, 0) is 62.1 Å². The molecule has 0 saturated carbocycles. The first kappa shape index (κ1) is 19.3. The fourth-order valence-electron chi connectivity index (χ4n) is 3.93. The Kier molecular flexibility index (Phi) is 5.47. The Balaban J connectivity index is 2.12. The highest BCUT2D eigenvalue weighted by molar-refractivity contribution is 5.88. The maximum atomic E-state index is 5.67. The van der Waals surface area contributed by atoms with Crippen LogP contribution in [0.5, 0.6) is 11.5 Å². The third-order valence-corrected chi connectivity index (χ3v) is 4.90. The van der Waals surface area contributed by atoms with Gasteiger partial charge in [-0.25, -0.2) is 0 Å². The number of hydrogen-bond donors (Lipinski definition) is 1. The van der Waals surface area contributed by atoms with E-state index in [1.165, 1.54) is 28.0 Å². The van der Waals surface area contributed by atoms with Crippen molar-refractivity contribution >= 4 is 11.3 Å². The summed E-state index contributed by atoms with van der Waals surface area (Å²) in [6, 6.07) is 10.3. The molecule has 2 aromatic rings. The Morgan fingerprint density at radius 3 is 2.44 bits per heavy atom. The predicted octanol–water partition coefficient (Wildman–Crippen LogP) is 5.51. The second kappa shape index (κ2) is 7.65. The Hall–Kier alpha value is -2.46. The Morgan fingerprint density at radius 2 is 1.78 bits per heavy atom. The maximum Gasteiger partial charge on any atom is 0.188 e. The number of hydrogen-bond acceptors (Lipinski definition) is 4. The lowest BCUT2D eigenvalue weighted by Crippen LogP contribution is -2.31. The standard InChI is InChI=1S/C23H29NO3/c1-7-17-18(10-11-20-22(17)15(2)13-23(3,4)24-20)19-9-8-16(27-14-25-5)12-21(19)26-6/h8-13,24H,7,14H2,1-6H3. The van der Waals surface area contributed by atoms with Crippen LogP contribution in [0.25, 0.3) is 16.7 Å². The fourth-order valence-corrected chi connectivity index (χ4v) is 3.93. The summed E-state index contributed by atoms with van der Waals surface area (Å²) >= 11 is 0. The minimum absolute atomic E-state index is 0.0400. The molecule has 0 bridgehead atoms. The van der Waals surface area contributed by atoms with Crippen LogP contribution in [0, 0.1) is 0 Å². The Morgan fingerprint density at radius 1 is 1.04 bits per heavy atom. The molecule has 1 heterocycles. The molecular formula is C23H29NO3. The zero-order valence-corrected chi connectivity index (χ0v) is 17.1. The summed E-state index contributed by atoms with van der Waals surface area (Å²) in [5, 5.41) is 3.64. The van der Waals surface area contributed by atoms with Crippen LogP contribution in [0.15, 0.2) is 36.4 Å². The number of nitrogens with one attached hydrogen (secondary N) is 1. The third-order valence-electron chi connectivity index (χ3n) is 4.90. The van der Waals surface area contributed by atoms with E-state index in [2.05, 4.69) is 57.3 Å². The molecule has 0 radical (unpaired) electrons. The second-order valence-electron chi connectivity index (χ2n) is 7.45. The van der Waals surface area contributed by atoms with Gasteiger partial charge >= 0.3 is 0 Å². The highest BCUT2D eigenvalue weighted by Gasteiger charge is 2.26. The number of anilines is 1. The first-order valence-corrected chi connectivity index (χ1v) is 9.34. The van der Waals surface area contributed by atoms with Crippen LogP contribution >= 0.6 is 0 Å². The molecule has 0 unspecified atom stereocenters. The van der Waals surface area contributed by atoms with E-state index < -0.39 is 0 Å². The minimum atomic E-state index is -0.0400. The molecule has 0 saturated heterocycles. The number of methoxy groups -OCH3 is 2. The van der Waals surface area contributed by atoms with Crippen molar-refractivity contribution < 1.29 is 14.2 Å². The molecular weight excluding hydrogens is 338 g/mol. The van der Waals surface area contributed by atoms with Gasteiger partial charge in [0.05, 0.1) is 12.6 Å². The first-order valence-electron chi connectivity index (χ1n) is 9.34.